The first-order valence-electron chi connectivity index (χ1n) is 9.57. The largest absolute Gasteiger partial charge is 0.496 e. The summed E-state index contributed by atoms with van der Waals surface area (Å²) in [7, 11) is 1.71. The standard InChI is InChI=1S/C25H22O3S/c1-27-22-8-5-9-23-24(22)21(17-29-23)15-12-18-10-13-20(14-11-18)25(26)28-16-19-6-3-2-4-7-19/h2-11,13-14,17H,12,15-16H2,1H3. The van der Waals surface area contributed by atoms with E-state index in [2.05, 4.69) is 11.4 Å². The molecule has 4 rings (SSSR count). The predicted octanol–water partition coefficient (Wildman–Crippen LogP) is 6.05. The van der Waals surface area contributed by atoms with Gasteiger partial charge in [0.2, 0.25) is 0 Å². The Hall–Kier alpha value is -3.11. The van der Waals surface area contributed by atoms with Crippen LogP contribution >= 0.6 is 11.3 Å². The Kier molecular flexibility index (Phi) is 5.92. The molecule has 0 spiro atoms. The molecule has 0 aliphatic rings. The van der Waals surface area contributed by atoms with Crippen LogP contribution in [-0.4, -0.2) is 13.1 Å². The average Bonchev–Trinajstić information content (AvgIpc) is 3.20. The maximum atomic E-state index is 12.3. The van der Waals surface area contributed by atoms with Crippen molar-refractivity contribution in [3.05, 3.63) is 100 Å². The molecule has 1 aromatic heterocycles. The summed E-state index contributed by atoms with van der Waals surface area (Å²) in [6, 6.07) is 23.6. The van der Waals surface area contributed by atoms with Gasteiger partial charge in [0.15, 0.2) is 0 Å². The van der Waals surface area contributed by atoms with Crippen molar-refractivity contribution in [1.82, 2.24) is 0 Å². The van der Waals surface area contributed by atoms with Gasteiger partial charge in [-0.3, -0.25) is 0 Å². The smallest absolute Gasteiger partial charge is 0.338 e. The second-order valence-corrected chi connectivity index (χ2v) is 7.76. The molecular weight excluding hydrogens is 380 g/mol. The number of esters is 1. The zero-order chi connectivity index (χ0) is 20.1. The van der Waals surface area contributed by atoms with Crippen LogP contribution in [0.2, 0.25) is 0 Å². The summed E-state index contributed by atoms with van der Waals surface area (Å²) in [4.78, 5) is 12.3. The number of methoxy groups -OCH3 is 1. The monoisotopic (exact) mass is 402 g/mol. The van der Waals surface area contributed by atoms with Crippen molar-refractivity contribution in [3.8, 4) is 5.75 Å². The number of benzene rings is 3. The molecule has 3 aromatic carbocycles. The minimum atomic E-state index is -0.297. The van der Waals surface area contributed by atoms with Gasteiger partial charge < -0.3 is 9.47 Å². The van der Waals surface area contributed by atoms with Gasteiger partial charge in [0.05, 0.1) is 12.7 Å². The van der Waals surface area contributed by atoms with Crippen LogP contribution in [0.15, 0.2) is 78.2 Å². The van der Waals surface area contributed by atoms with Crippen molar-refractivity contribution in [2.45, 2.75) is 19.4 Å². The summed E-state index contributed by atoms with van der Waals surface area (Å²) >= 11 is 1.75. The number of rotatable bonds is 7. The highest BCUT2D eigenvalue weighted by atomic mass is 32.1. The van der Waals surface area contributed by atoms with E-state index >= 15 is 0 Å². The Morgan fingerprint density at radius 1 is 0.862 bits per heavy atom. The second-order valence-electron chi connectivity index (χ2n) is 6.85. The van der Waals surface area contributed by atoms with Crippen LogP contribution in [0.3, 0.4) is 0 Å². The molecule has 0 amide bonds. The zero-order valence-electron chi connectivity index (χ0n) is 16.3. The van der Waals surface area contributed by atoms with E-state index in [1.807, 2.05) is 66.7 Å². The van der Waals surface area contributed by atoms with E-state index in [1.165, 1.54) is 21.2 Å². The van der Waals surface area contributed by atoms with Crippen LogP contribution in [-0.2, 0) is 24.2 Å². The quantitative estimate of drug-likeness (QED) is 0.353. The van der Waals surface area contributed by atoms with E-state index in [0.29, 0.717) is 5.56 Å². The Balaban J connectivity index is 1.38. The number of aryl methyl sites for hydroxylation is 2. The van der Waals surface area contributed by atoms with Gasteiger partial charge in [-0.15, -0.1) is 11.3 Å². The van der Waals surface area contributed by atoms with E-state index in [1.54, 1.807) is 18.4 Å². The maximum absolute atomic E-state index is 12.3. The van der Waals surface area contributed by atoms with Crippen LogP contribution < -0.4 is 4.74 Å². The summed E-state index contributed by atoms with van der Waals surface area (Å²) in [6.07, 6.45) is 1.83. The van der Waals surface area contributed by atoms with Gasteiger partial charge in [0.25, 0.3) is 0 Å². The molecule has 0 bridgehead atoms. The van der Waals surface area contributed by atoms with Crippen molar-refractivity contribution >= 4 is 27.4 Å². The normalized spacial score (nSPS) is 10.8. The van der Waals surface area contributed by atoms with Crippen LogP contribution in [0.1, 0.15) is 27.0 Å². The van der Waals surface area contributed by atoms with Gasteiger partial charge in [-0.05, 0) is 59.2 Å². The number of hydrogen-bond acceptors (Lipinski definition) is 4. The van der Waals surface area contributed by atoms with Crippen LogP contribution in [0.5, 0.6) is 5.75 Å². The molecule has 0 aliphatic carbocycles. The SMILES string of the molecule is COc1cccc2scc(CCc3ccc(C(=O)OCc4ccccc4)cc3)c12. The number of carbonyl (C=O) groups excluding carboxylic acids is 1. The molecule has 0 unspecified atom stereocenters. The molecule has 1 heterocycles. The van der Waals surface area contributed by atoms with Crippen molar-refractivity contribution in [2.24, 2.45) is 0 Å². The highest BCUT2D eigenvalue weighted by Crippen LogP contribution is 2.34. The number of fused-ring (bicyclic) bond motifs is 1. The number of hydrogen-bond donors (Lipinski definition) is 0. The lowest BCUT2D eigenvalue weighted by Gasteiger charge is -2.07. The van der Waals surface area contributed by atoms with E-state index in [4.69, 9.17) is 9.47 Å². The van der Waals surface area contributed by atoms with Gasteiger partial charge in [-0.2, -0.15) is 0 Å². The first-order valence-corrected chi connectivity index (χ1v) is 10.5. The average molecular weight is 403 g/mol. The predicted molar refractivity (Wildman–Crippen MR) is 118 cm³/mol. The van der Waals surface area contributed by atoms with Crippen molar-refractivity contribution < 1.29 is 14.3 Å². The van der Waals surface area contributed by atoms with Gasteiger partial charge in [0, 0.05) is 10.1 Å². The van der Waals surface area contributed by atoms with Gasteiger partial charge in [-0.25, -0.2) is 4.79 Å². The van der Waals surface area contributed by atoms with Gasteiger partial charge in [-0.1, -0.05) is 48.5 Å². The molecule has 0 fully saturated rings. The third kappa shape index (κ3) is 4.49. The highest BCUT2D eigenvalue weighted by Gasteiger charge is 2.11. The molecule has 4 aromatic rings. The Morgan fingerprint density at radius 2 is 1.66 bits per heavy atom. The fourth-order valence-corrected chi connectivity index (χ4v) is 4.38. The minimum Gasteiger partial charge on any atom is -0.496 e. The third-order valence-electron chi connectivity index (χ3n) is 4.94. The van der Waals surface area contributed by atoms with E-state index in [9.17, 15) is 4.79 Å². The third-order valence-corrected chi connectivity index (χ3v) is 5.94. The number of ether oxygens (including phenoxy) is 2. The minimum absolute atomic E-state index is 0.286. The van der Waals surface area contributed by atoms with Crippen LogP contribution in [0, 0.1) is 0 Å². The Labute approximate surface area is 174 Å². The molecule has 0 N–H and O–H groups in total. The molecule has 0 saturated heterocycles. The molecular formula is C25H22O3S. The van der Waals surface area contributed by atoms with Crippen LogP contribution in [0.25, 0.3) is 10.1 Å². The highest BCUT2D eigenvalue weighted by molar-refractivity contribution is 7.17. The molecule has 0 radical (unpaired) electrons. The van der Waals surface area contributed by atoms with Crippen molar-refractivity contribution in [1.29, 1.82) is 0 Å². The van der Waals surface area contributed by atoms with E-state index in [0.717, 1.165) is 24.2 Å². The molecule has 3 nitrogen and oxygen atoms in total. The van der Waals surface area contributed by atoms with Crippen molar-refractivity contribution in [3.63, 3.8) is 0 Å². The molecule has 0 aliphatic heterocycles. The van der Waals surface area contributed by atoms with E-state index in [-0.39, 0.29) is 12.6 Å². The van der Waals surface area contributed by atoms with Crippen LogP contribution in [0.4, 0.5) is 0 Å². The summed E-state index contributed by atoms with van der Waals surface area (Å²) < 4.78 is 12.2. The van der Waals surface area contributed by atoms with Crippen molar-refractivity contribution in [2.75, 3.05) is 7.11 Å². The summed E-state index contributed by atoms with van der Waals surface area (Å²) in [6.45, 7) is 0.286. The molecule has 0 atom stereocenters. The molecule has 0 saturated carbocycles. The summed E-state index contributed by atoms with van der Waals surface area (Å²) in [5.74, 6) is 0.629. The zero-order valence-corrected chi connectivity index (χ0v) is 17.1. The van der Waals surface area contributed by atoms with Gasteiger partial charge >= 0.3 is 5.97 Å². The first kappa shape index (κ1) is 19.2. The lowest BCUT2D eigenvalue weighted by atomic mass is 10.0. The fourth-order valence-electron chi connectivity index (χ4n) is 3.37. The lowest BCUT2D eigenvalue weighted by Crippen LogP contribution is -2.05. The second kappa shape index (κ2) is 8.93. The molecule has 146 valence electrons. The molecule has 4 heteroatoms. The molecule has 29 heavy (non-hydrogen) atoms. The first-order chi connectivity index (χ1) is 14.2. The summed E-state index contributed by atoms with van der Waals surface area (Å²) in [5.41, 5.74) is 4.05. The van der Waals surface area contributed by atoms with E-state index < -0.39 is 0 Å². The van der Waals surface area contributed by atoms with Gasteiger partial charge in [0.1, 0.15) is 12.4 Å². The fraction of sp³-hybridized carbons (Fsp3) is 0.160. The Bertz CT molecular complexity index is 1100. The number of carbonyl (C=O) groups is 1. The lowest BCUT2D eigenvalue weighted by molar-refractivity contribution is 0.0472. The Morgan fingerprint density at radius 3 is 2.41 bits per heavy atom. The topological polar surface area (TPSA) is 35.5 Å². The summed E-state index contributed by atoms with van der Waals surface area (Å²) in [5, 5.41) is 3.42. The maximum Gasteiger partial charge on any atom is 0.338 e. The number of thiophene rings is 1.